The van der Waals surface area contributed by atoms with E-state index >= 15 is 0 Å². The van der Waals surface area contributed by atoms with E-state index < -0.39 is 0 Å². The van der Waals surface area contributed by atoms with Crippen LogP contribution in [0.15, 0.2) is 29.3 Å². The first-order valence-electron chi connectivity index (χ1n) is 5.76. The van der Waals surface area contributed by atoms with Gasteiger partial charge in [0.25, 0.3) is 0 Å². The smallest absolute Gasteiger partial charge is 0.213 e. The van der Waals surface area contributed by atoms with Gasteiger partial charge in [-0.1, -0.05) is 12.1 Å². The Balaban J connectivity index is 2.93. The largest absolute Gasteiger partial charge is 0.383 e. The number of guanidine groups is 1. The van der Waals surface area contributed by atoms with Crippen LogP contribution in [0.2, 0.25) is 0 Å². The molecule has 0 amide bonds. The molecule has 0 saturated carbocycles. The van der Waals surface area contributed by atoms with Gasteiger partial charge in [-0.05, 0) is 19.1 Å². The Morgan fingerprint density at radius 1 is 1.50 bits per heavy atom. The van der Waals surface area contributed by atoms with Gasteiger partial charge in [0.2, 0.25) is 5.96 Å². The first-order chi connectivity index (χ1) is 8.74. The van der Waals surface area contributed by atoms with Crippen molar-refractivity contribution in [2.45, 2.75) is 6.92 Å². The number of halogens is 1. The number of rotatable bonds is 5. The molecule has 5 nitrogen and oxygen atoms in total. The van der Waals surface area contributed by atoms with Crippen LogP contribution in [0.1, 0.15) is 6.92 Å². The number of hydrazine groups is 1. The number of benzene rings is 1. The SMILES string of the molecule is CCN(C(=NCCOC)NN)c1ccccc1F. The Morgan fingerprint density at radius 2 is 2.22 bits per heavy atom. The maximum Gasteiger partial charge on any atom is 0.213 e. The zero-order chi connectivity index (χ0) is 13.4. The van der Waals surface area contributed by atoms with Gasteiger partial charge in [0, 0.05) is 13.7 Å². The summed E-state index contributed by atoms with van der Waals surface area (Å²) in [6.45, 7) is 3.40. The van der Waals surface area contributed by atoms with Crippen molar-refractivity contribution < 1.29 is 9.13 Å². The molecule has 0 atom stereocenters. The summed E-state index contributed by atoms with van der Waals surface area (Å²) in [5.74, 6) is 5.54. The Kier molecular flexibility index (Phi) is 6.10. The molecule has 0 fully saturated rings. The van der Waals surface area contributed by atoms with Crippen LogP contribution < -0.4 is 16.2 Å². The third kappa shape index (κ3) is 3.68. The molecule has 100 valence electrons. The summed E-state index contributed by atoms with van der Waals surface area (Å²) in [6, 6.07) is 6.50. The molecule has 0 heterocycles. The van der Waals surface area contributed by atoms with Crippen LogP contribution >= 0.6 is 0 Å². The van der Waals surface area contributed by atoms with Crippen molar-refractivity contribution in [2.75, 3.05) is 31.7 Å². The number of nitrogens with one attached hydrogen (secondary N) is 1. The fraction of sp³-hybridized carbons (Fsp3) is 0.417. The number of hydrogen-bond acceptors (Lipinski definition) is 3. The second kappa shape index (κ2) is 7.62. The highest BCUT2D eigenvalue weighted by Gasteiger charge is 2.14. The molecule has 1 rings (SSSR count). The molecule has 0 bridgehead atoms. The molecule has 0 aromatic heterocycles. The van der Waals surface area contributed by atoms with Crippen LogP contribution in [0.4, 0.5) is 10.1 Å². The fourth-order valence-corrected chi connectivity index (χ4v) is 1.56. The summed E-state index contributed by atoms with van der Waals surface area (Å²) in [6.07, 6.45) is 0. The van der Waals surface area contributed by atoms with E-state index in [1.807, 2.05) is 6.92 Å². The lowest BCUT2D eigenvalue weighted by molar-refractivity contribution is 0.208. The van der Waals surface area contributed by atoms with E-state index in [2.05, 4.69) is 10.4 Å². The number of methoxy groups -OCH3 is 1. The van der Waals surface area contributed by atoms with E-state index in [1.165, 1.54) is 6.07 Å². The lowest BCUT2D eigenvalue weighted by Gasteiger charge is -2.24. The zero-order valence-electron chi connectivity index (χ0n) is 10.7. The molecular weight excluding hydrogens is 235 g/mol. The summed E-state index contributed by atoms with van der Waals surface area (Å²) >= 11 is 0. The molecule has 18 heavy (non-hydrogen) atoms. The molecule has 6 heteroatoms. The lowest BCUT2D eigenvalue weighted by Crippen LogP contribution is -2.45. The Hall–Kier alpha value is -1.66. The quantitative estimate of drug-likeness (QED) is 0.272. The molecule has 0 aliphatic heterocycles. The van der Waals surface area contributed by atoms with Gasteiger partial charge in [-0.2, -0.15) is 0 Å². The van der Waals surface area contributed by atoms with Gasteiger partial charge in [-0.15, -0.1) is 0 Å². The highest BCUT2D eigenvalue weighted by Crippen LogP contribution is 2.18. The Labute approximate surface area is 106 Å². The molecule has 0 aliphatic carbocycles. The summed E-state index contributed by atoms with van der Waals surface area (Å²) in [4.78, 5) is 5.91. The molecule has 1 aromatic rings. The maximum atomic E-state index is 13.7. The standard InChI is InChI=1S/C12H19FN4O/c1-3-17(11-7-5-4-6-10(11)13)12(16-14)15-8-9-18-2/h4-7H,3,8-9,14H2,1-2H3,(H,15,16). The van der Waals surface area contributed by atoms with Gasteiger partial charge >= 0.3 is 0 Å². The summed E-state index contributed by atoms with van der Waals surface area (Å²) in [5.41, 5.74) is 2.93. The lowest BCUT2D eigenvalue weighted by atomic mass is 10.3. The number of nitrogens with two attached hydrogens (primary N) is 1. The van der Waals surface area contributed by atoms with E-state index in [0.29, 0.717) is 31.3 Å². The first-order valence-corrected chi connectivity index (χ1v) is 5.76. The van der Waals surface area contributed by atoms with Gasteiger partial charge < -0.3 is 9.64 Å². The zero-order valence-corrected chi connectivity index (χ0v) is 10.7. The van der Waals surface area contributed by atoms with Gasteiger partial charge in [0.1, 0.15) is 5.82 Å². The first kappa shape index (κ1) is 14.4. The van der Waals surface area contributed by atoms with Crippen molar-refractivity contribution in [1.29, 1.82) is 0 Å². The van der Waals surface area contributed by atoms with Crippen LogP contribution in [0.3, 0.4) is 0 Å². The third-order valence-corrected chi connectivity index (χ3v) is 2.40. The van der Waals surface area contributed by atoms with Crippen molar-refractivity contribution in [1.82, 2.24) is 5.43 Å². The van der Waals surface area contributed by atoms with Crippen molar-refractivity contribution in [3.8, 4) is 0 Å². The normalized spacial score (nSPS) is 11.4. The van der Waals surface area contributed by atoms with Crippen LogP contribution in [0.25, 0.3) is 0 Å². The number of aliphatic imine (C=N–C) groups is 1. The van der Waals surface area contributed by atoms with E-state index in [0.717, 1.165) is 0 Å². The molecule has 0 spiro atoms. The van der Waals surface area contributed by atoms with E-state index in [-0.39, 0.29) is 5.82 Å². The van der Waals surface area contributed by atoms with Gasteiger partial charge in [0.05, 0.1) is 18.8 Å². The van der Waals surface area contributed by atoms with Gasteiger partial charge in [0.15, 0.2) is 0 Å². The minimum absolute atomic E-state index is 0.311. The molecule has 0 radical (unpaired) electrons. The average Bonchev–Trinajstić information content (AvgIpc) is 2.39. The average molecular weight is 254 g/mol. The number of anilines is 1. The number of hydrogen-bond donors (Lipinski definition) is 2. The van der Waals surface area contributed by atoms with Crippen LogP contribution in [0.5, 0.6) is 0 Å². The highest BCUT2D eigenvalue weighted by atomic mass is 19.1. The predicted octanol–water partition coefficient (Wildman–Crippen LogP) is 1.12. The van der Waals surface area contributed by atoms with E-state index in [9.17, 15) is 4.39 Å². The van der Waals surface area contributed by atoms with Crippen molar-refractivity contribution in [3.63, 3.8) is 0 Å². The predicted molar refractivity (Wildman–Crippen MR) is 70.9 cm³/mol. The summed E-state index contributed by atoms with van der Waals surface area (Å²) in [7, 11) is 1.60. The second-order valence-electron chi connectivity index (χ2n) is 3.54. The molecule has 0 aliphatic rings. The third-order valence-electron chi connectivity index (χ3n) is 2.40. The second-order valence-corrected chi connectivity index (χ2v) is 3.54. The van der Waals surface area contributed by atoms with Crippen molar-refractivity contribution in [3.05, 3.63) is 30.1 Å². The Bertz CT molecular complexity index is 397. The van der Waals surface area contributed by atoms with E-state index in [1.54, 1.807) is 30.2 Å². The molecule has 3 N–H and O–H groups in total. The Morgan fingerprint density at radius 3 is 2.78 bits per heavy atom. The summed E-state index contributed by atoms with van der Waals surface area (Å²) in [5, 5.41) is 0. The molecule has 1 aromatic carbocycles. The van der Waals surface area contributed by atoms with Crippen molar-refractivity contribution >= 4 is 11.6 Å². The van der Waals surface area contributed by atoms with Crippen LogP contribution in [0, 0.1) is 5.82 Å². The van der Waals surface area contributed by atoms with Gasteiger partial charge in [-0.3, -0.25) is 5.43 Å². The van der Waals surface area contributed by atoms with Gasteiger partial charge in [-0.25, -0.2) is 15.2 Å². The van der Waals surface area contributed by atoms with Crippen LogP contribution in [-0.4, -0.2) is 32.8 Å². The number of para-hydroxylation sites is 1. The minimum atomic E-state index is -0.311. The van der Waals surface area contributed by atoms with Crippen LogP contribution in [-0.2, 0) is 4.74 Å². The van der Waals surface area contributed by atoms with Crippen molar-refractivity contribution in [2.24, 2.45) is 10.8 Å². The molecule has 0 unspecified atom stereocenters. The fourth-order valence-electron chi connectivity index (χ4n) is 1.56. The highest BCUT2D eigenvalue weighted by molar-refractivity contribution is 5.95. The minimum Gasteiger partial charge on any atom is -0.383 e. The number of ether oxygens (including phenoxy) is 1. The topological polar surface area (TPSA) is 62.9 Å². The van der Waals surface area contributed by atoms with E-state index in [4.69, 9.17) is 10.6 Å². The number of nitrogens with zero attached hydrogens (tertiary/aromatic N) is 2. The molecular formula is C12H19FN4O. The monoisotopic (exact) mass is 254 g/mol. The summed E-state index contributed by atoms with van der Waals surface area (Å²) < 4.78 is 18.6. The molecule has 0 saturated heterocycles. The maximum absolute atomic E-state index is 13.7.